The van der Waals surface area contributed by atoms with Crippen molar-refractivity contribution in [3.63, 3.8) is 0 Å². The zero-order chi connectivity index (χ0) is 15.0. The topological polar surface area (TPSA) is 33.7 Å². The molecule has 0 heterocycles. The highest BCUT2D eigenvalue weighted by atomic mass is 19.3. The van der Waals surface area contributed by atoms with E-state index in [-0.39, 0.29) is 5.75 Å². The average Bonchev–Trinajstić information content (AvgIpc) is 2.37. The van der Waals surface area contributed by atoms with Crippen molar-refractivity contribution in [2.45, 2.75) is 19.6 Å². The Hall–Kier alpha value is -1.40. The first-order chi connectivity index (χ1) is 9.52. The van der Waals surface area contributed by atoms with Gasteiger partial charge in [-0.2, -0.15) is 8.78 Å². The van der Waals surface area contributed by atoms with Crippen LogP contribution in [0, 0.1) is 0 Å². The number of ether oxygens (including phenoxy) is 2. The minimum absolute atomic E-state index is 0.0649. The van der Waals surface area contributed by atoms with E-state index in [4.69, 9.17) is 4.74 Å². The van der Waals surface area contributed by atoms with Crippen molar-refractivity contribution in [3.05, 3.63) is 23.8 Å². The molecule has 0 atom stereocenters. The molecule has 0 unspecified atom stereocenters. The molecule has 0 aliphatic rings. The van der Waals surface area contributed by atoms with Crippen molar-refractivity contribution < 1.29 is 18.3 Å². The van der Waals surface area contributed by atoms with Gasteiger partial charge < -0.3 is 19.7 Å². The standard InChI is InChI=1S/C14H22F2N2O2/c1-18(2)8-4-7-17-10-11-5-6-12(19-3)13(9-11)20-14(15)16/h5-6,9,14,17H,4,7-8,10H2,1-3H3. The number of hydrogen-bond acceptors (Lipinski definition) is 4. The molecule has 1 rings (SSSR count). The molecular formula is C14H22F2N2O2. The third-order valence-electron chi connectivity index (χ3n) is 2.73. The lowest BCUT2D eigenvalue weighted by Crippen LogP contribution is -2.21. The second-order valence-electron chi connectivity index (χ2n) is 4.70. The predicted octanol–water partition coefficient (Wildman–Crippen LogP) is 2.34. The van der Waals surface area contributed by atoms with Gasteiger partial charge in [-0.1, -0.05) is 6.07 Å². The number of nitrogens with zero attached hydrogens (tertiary/aromatic N) is 1. The van der Waals surface area contributed by atoms with E-state index in [9.17, 15) is 8.78 Å². The van der Waals surface area contributed by atoms with Gasteiger partial charge in [0.05, 0.1) is 7.11 Å². The number of benzene rings is 1. The summed E-state index contributed by atoms with van der Waals surface area (Å²) in [5, 5.41) is 3.26. The van der Waals surface area contributed by atoms with E-state index < -0.39 is 6.61 Å². The van der Waals surface area contributed by atoms with Gasteiger partial charge in [-0.25, -0.2) is 0 Å². The smallest absolute Gasteiger partial charge is 0.387 e. The Morgan fingerprint density at radius 1 is 1.25 bits per heavy atom. The van der Waals surface area contributed by atoms with Crippen LogP contribution in [0.1, 0.15) is 12.0 Å². The fourth-order valence-corrected chi connectivity index (χ4v) is 1.77. The summed E-state index contributed by atoms with van der Waals surface area (Å²) in [6.45, 7) is -0.367. The lowest BCUT2D eigenvalue weighted by Gasteiger charge is -2.12. The first kappa shape index (κ1) is 16.7. The van der Waals surface area contributed by atoms with Gasteiger partial charge in [-0.3, -0.25) is 0 Å². The first-order valence-electron chi connectivity index (χ1n) is 6.50. The highest BCUT2D eigenvalue weighted by molar-refractivity contribution is 5.42. The van der Waals surface area contributed by atoms with Crippen molar-refractivity contribution in [2.24, 2.45) is 0 Å². The maximum Gasteiger partial charge on any atom is 0.387 e. The molecule has 0 bridgehead atoms. The van der Waals surface area contributed by atoms with Crippen molar-refractivity contribution in [2.75, 3.05) is 34.3 Å². The van der Waals surface area contributed by atoms with Gasteiger partial charge in [0.15, 0.2) is 11.5 Å². The molecule has 1 aromatic rings. The quantitative estimate of drug-likeness (QED) is 0.707. The molecule has 1 aromatic carbocycles. The number of methoxy groups -OCH3 is 1. The van der Waals surface area contributed by atoms with E-state index in [0.29, 0.717) is 12.3 Å². The SMILES string of the molecule is COc1ccc(CNCCCN(C)C)cc1OC(F)F. The van der Waals surface area contributed by atoms with Crippen molar-refractivity contribution >= 4 is 0 Å². The van der Waals surface area contributed by atoms with Crippen molar-refractivity contribution in [3.8, 4) is 11.5 Å². The second kappa shape index (κ2) is 8.71. The predicted molar refractivity (Wildman–Crippen MR) is 74.5 cm³/mol. The van der Waals surface area contributed by atoms with Crippen LogP contribution in [-0.2, 0) is 6.54 Å². The molecule has 4 nitrogen and oxygen atoms in total. The molecule has 0 fully saturated rings. The Kier molecular flexibility index (Phi) is 7.25. The van der Waals surface area contributed by atoms with Gasteiger partial charge in [-0.15, -0.1) is 0 Å². The van der Waals surface area contributed by atoms with Gasteiger partial charge in [0.1, 0.15) is 0 Å². The zero-order valence-corrected chi connectivity index (χ0v) is 12.2. The first-order valence-corrected chi connectivity index (χ1v) is 6.50. The highest BCUT2D eigenvalue weighted by Gasteiger charge is 2.11. The van der Waals surface area contributed by atoms with Gasteiger partial charge in [0.25, 0.3) is 0 Å². The van der Waals surface area contributed by atoms with Crippen LogP contribution in [0.3, 0.4) is 0 Å². The monoisotopic (exact) mass is 288 g/mol. The fraction of sp³-hybridized carbons (Fsp3) is 0.571. The van der Waals surface area contributed by atoms with Gasteiger partial charge >= 0.3 is 6.61 Å². The molecule has 0 saturated heterocycles. The summed E-state index contributed by atoms with van der Waals surface area (Å²) in [6.07, 6.45) is 1.03. The largest absolute Gasteiger partial charge is 0.493 e. The Balaban J connectivity index is 2.49. The fourth-order valence-electron chi connectivity index (χ4n) is 1.77. The van der Waals surface area contributed by atoms with Gasteiger partial charge in [0.2, 0.25) is 0 Å². The van der Waals surface area contributed by atoms with Crippen LogP contribution in [0.15, 0.2) is 18.2 Å². The van der Waals surface area contributed by atoms with Crippen LogP contribution < -0.4 is 14.8 Å². The maximum absolute atomic E-state index is 12.3. The summed E-state index contributed by atoms with van der Waals surface area (Å²) in [5.74, 6) is 0.372. The Labute approximate surface area is 118 Å². The molecule has 0 aromatic heterocycles. The summed E-state index contributed by atoms with van der Waals surface area (Å²) in [6, 6.07) is 5.04. The van der Waals surface area contributed by atoms with Crippen LogP contribution >= 0.6 is 0 Å². The molecule has 0 aliphatic heterocycles. The highest BCUT2D eigenvalue weighted by Crippen LogP contribution is 2.29. The van der Waals surface area contributed by atoms with Gasteiger partial charge in [0, 0.05) is 6.54 Å². The van der Waals surface area contributed by atoms with Crippen LogP contribution in [0.4, 0.5) is 8.78 Å². The lowest BCUT2D eigenvalue weighted by atomic mass is 10.2. The summed E-state index contributed by atoms with van der Waals surface area (Å²) in [4.78, 5) is 2.11. The second-order valence-corrected chi connectivity index (χ2v) is 4.70. The van der Waals surface area contributed by atoms with E-state index in [1.54, 1.807) is 12.1 Å². The molecule has 0 aliphatic carbocycles. The molecule has 0 amide bonds. The summed E-state index contributed by atoms with van der Waals surface area (Å²) in [7, 11) is 5.47. The van der Waals surface area contributed by atoms with Crippen LogP contribution in [0.5, 0.6) is 11.5 Å². The van der Waals surface area contributed by atoms with E-state index >= 15 is 0 Å². The molecule has 0 radical (unpaired) electrons. The van der Waals surface area contributed by atoms with Crippen LogP contribution in [0.25, 0.3) is 0 Å². The van der Waals surface area contributed by atoms with Gasteiger partial charge in [-0.05, 0) is 51.3 Å². The molecule has 1 N–H and O–H groups in total. The van der Waals surface area contributed by atoms with Crippen molar-refractivity contribution in [1.29, 1.82) is 0 Å². The molecule has 0 spiro atoms. The maximum atomic E-state index is 12.3. The zero-order valence-electron chi connectivity index (χ0n) is 12.2. The summed E-state index contributed by atoms with van der Waals surface area (Å²) < 4.78 is 34.0. The third-order valence-corrected chi connectivity index (χ3v) is 2.73. The number of alkyl halides is 2. The minimum atomic E-state index is -2.85. The molecule has 0 saturated carbocycles. The minimum Gasteiger partial charge on any atom is -0.493 e. The lowest BCUT2D eigenvalue weighted by molar-refractivity contribution is -0.0512. The Morgan fingerprint density at radius 3 is 2.60 bits per heavy atom. The average molecular weight is 288 g/mol. The molecule has 6 heteroatoms. The molecular weight excluding hydrogens is 266 g/mol. The van der Waals surface area contributed by atoms with E-state index in [2.05, 4.69) is 15.0 Å². The van der Waals surface area contributed by atoms with Crippen LogP contribution in [0.2, 0.25) is 0 Å². The normalized spacial score (nSPS) is 11.2. The Morgan fingerprint density at radius 2 is 2.00 bits per heavy atom. The van der Waals surface area contributed by atoms with E-state index in [1.807, 2.05) is 20.2 Å². The number of nitrogens with one attached hydrogen (secondary N) is 1. The summed E-state index contributed by atoms with van der Waals surface area (Å²) >= 11 is 0. The molecule has 20 heavy (non-hydrogen) atoms. The van der Waals surface area contributed by atoms with E-state index in [1.165, 1.54) is 7.11 Å². The third kappa shape index (κ3) is 6.16. The summed E-state index contributed by atoms with van der Waals surface area (Å²) in [5.41, 5.74) is 0.881. The number of halogens is 2. The Bertz CT molecular complexity index is 401. The van der Waals surface area contributed by atoms with Crippen molar-refractivity contribution in [1.82, 2.24) is 10.2 Å². The van der Waals surface area contributed by atoms with Crippen LogP contribution in [-0.4, -0.2) is 45.8 Å². The van der Waals surface area contributed by atoms with E-state index in [0.717, 1.165) is 25.1 Å². The number of hydrogen-bond donors (Lipinski definition) is 1. The molecule has 114 valence electrons. The number of rotatable bonds is 9.